The van der Waals surface area contributed by atoms with E-state index in [1.165, 1.54) is 45.2 Å². The van der Waals surface area contributed by atoms with Crippen LogP contribution in [0.1, 0.15) is 52.9 Å². The second-order valence-electron chi connectivity index (χ2n) is 8.20. The number of hydrogen-bond donors (Lipinski definition) is 1. The van der Waals surface area contributed by atoms with Crippen LogP contribution in [0.5, 0.6) is 0 Å². The van der Waals surface area contributed by atoms with Gasteiger partial charge in [0.2, 0.25) is 0 Å². The Morgan fingerprint density at radius 2 is 1.74 bits per heavy atom. The molecule has 0 aromatic rings. The Bertz CT molecular complexity index is 277. The molecule has 2 nitrogen and oxygen atoms in total. The van der Waals surface area contributed by atoms with Crippen LogP contribution in [-0.2, 0) is 0 Å². The fourth-order valence-electron chi connectivity index (χ4n) is 3.85. The molecule has 112 valence electrons. The zero-order chi connectivity index (χ0) is 14.0. The van der Waals surface area contributed by atoms with Crippen LogP contribution in [-0.4, -0.2) is 38.1 Å². The van der Waals surface area contributed by atoms with Crippen molar-refractivity contribution in [3.8, 4) is 0 Å². The van der Waals surface area contributed by atoms with Crippen LogP contribution < -0.4 is 5.32 Å². The lowest BCUT2D eigenvalue weighted by molar-refractivity contribution is 0.0951. The van der Waals surface area contributed by atoms with Gasteiger partial charge in [0.1, 0.15) is 0 Å². The number of rotatable bonds is 5. The van der Waals surface area contributed by atoms with Crippen molar-refractivity contribution >= 4 is 0 Å². The van der Waals surface area contributed by atoms with Gasteiger partial charge >= 0.3 is 0 Å². The van der Waals surface area contributed by atoms with E-state index in [0.29, 0.717) is 5.41 Å². The average Bonchev–Trinajstić information content (AvgIpc) is 3.11. The van der Waals surface area contributed by atoms with Gasteiger partial charge in [-0.15, -0.1) is 0 Å². The fourth-order valence-corrected chi connectivity index (χ4v) is 3.85. The third-order valence-corrected chi connectivity index (χ3v) is 5.39. The molecule has 0 heterocycles. The first-order chi connectivity index (χ1) is 8.90. The first kappa shape index (κ1) is 15.3. The molecule has 2 aliphatic carbocycles. The summed E-state index contributed by atoms with van der Waals surface area (Å²) in [5.41, 5.74) is 0.478. The van der Waals surface area contributed by atoms with Crippen molar-refractivity contribution in [2.75, 3.05) is 27.2 Å². The third-order valence-electron chi connectivity index (χ3n) is 5.39. The second-order valence-corrected chi connectivity index (χ2v) is 8.20. The topological polar surface area (TPSA) is 15.3 Å². The summed E-state index contributed by atoms with van der Waals surface area (Å²) in [6, 6.07) is 0.736. The SMILES string of the molecule is CNC1CCC(C(C)(C)C)CC1CN(C)CC1CC1. The van der Waals surface area contributed by atoms with Gasteiger partial charge < -0.3 is 10.2 Å². The van der Waals surface area contributed by atoms with Crippen molar-refractivity contribution in [3.05, 3.63) is 0 Å². The predicted molar refractivity (Wildman–Crippen MR) is 83.4 cm³/mol. The van der Waals surface area contributed by atoms with Crippen molar-refractivity contribution in [2.45, 2.75) is 58.9 Å². The van der Waals surface area contributed by atoms with Crippen molar-refractivity contribution < 1.29 is 0 Å². The van der Waals surface area contributed by atoms with E-state index in [4.69, 9.17) is 0 Å². The molecule has 0 aromatic heterocycles. The summed E-state index contributed by atoms with van der Waals surface area (Å²) in [6.07, 6.45) is 7.10. The molecule has 19 heavy (non-hydrogen) atoms. The Hall–Kier alpha value is -0.0800. The molecule has 2 saturated carbocycles. The highest BCUT2D eigenvalue weighted by molar-refractivity contribution is 4.90. The molecule has 1 N–H and O–H groups in total. The Balaban J connectivity index is 1.89. The molecule has 2 fully saturated rings. The summed E-state index contributed by atoms with van der Waals surface area (Å²) in [4.78, 5) is 2.59. The lowest BCUT2D eigenvalue weighted by Crippen LogP contribution is -2.46. The monoisotopic (exact) mass is 266 g/mol. The molecule has 0 aromatic carbocycles. The smallest absolute Gasteiger partial charge is 0.0105 e. The van der Waals surface area contributed by atoms with Gasteiger partial charge in [-0.25, -0.2) is 0 Å². The Labute approximate surface area is 120 Å². The Morgan fingerprint density at radius 3 is 2.26 bits per heavy atom. The van der Waals surface area contributed by atoms with Gasteiger partial charge in [-0.05, 0) is 69.4 Å². The van der Waals surface area contributed by atoms with Crippen molar-refractivity contribution in [3.63, 3.8) is 0 Å². The highest BCUT2D eigenvalue weighted by Gasteiger charge is 2.36. The highest BCUT2D eigenvalue weighted by atomic mass is 15.1. The van der Waals surface area contributed by atoms with Crippen LogP contribution in [0.15, 0.2) is 0 Å². The third kappa shape index (κ3) is 4.46. The fraction of sp³-hybridized carbons (Fsp3) is 1.00. The Kier molecular flexibility index (Phi) is 4.94. The summed E-state index contributed by atoms with van der Waals surface area (Å²) < 4.78 is 0. The van der Waals surface area contributed by atoms with E-state index in [9.17, 15) is 0 Å². The molecule has 0 amide bonds. The lowest BCUT2D eigenvalue weighted by Gasteiger charge is -2.43. The van der Waals surface area contributed by atoms with Crippen LogP contribution in [0.3, 0.4) is 0 Å². The van der Waals surface area contributed by atoms with Gasteiger partial charge in [0.15, 0.2) is 0 Å². The number of nitrogens with one attached hydrogen (secondary N) is 1. The largest absolute Gasteiger partial charge is 0.317 e. The van der Waals surface area contributed by atoms with E-state index < -0.39 is 0 Å². The second kappa shape index (κ2) is 6.13. The number of nitrogens with zero attached hydrogens (tertiary/aromatic N) is 1. The van der Waals surface area contributed by atoms with E-state index in [1.54, 1.807) is 0 Å². The molecule has 2 aliphatic rings. The first-order valence-corrected chi connectivity index (χ1v) is 8.26. The van der Waals surface area contributed by atoms with Gasteiger partial charge in [-0.3, -0.25) is 0 Å². The van der Waals surface area contributed by atoms with Gasteiger partial charge in [-0.2, -0.15) is 0 Å². The molecule has 3 unspecified atom stereocenters. The quantitative estimate of drug-likeness (QED) is 0.820. The minimum absolute atomic E-state index is 0.478. The summed E-state index contributed by atoms with van der Waals surface area (Å²) in [6.45, 7) is 9.87. The van der Waals surface area contributed by atoms with Crippen molar-refractivity contribution in [2.24, 2.45) is 23.2 Å². The first-order valence-electron chi connectivity index (χ1n) is 8.26. The summed E-state index contributed by atoms with van der Waals surface area (Å²) >= 11 is 0. The van der Waals surface area contributed by atoms with Crippen molar-refractivity contribution in [1.82, 2.24) is 10.2 Å². The highest BCUT2D eigenvalue weighted by Crippen LogP contribution is 2.40. The van der Waals surface area contributed by atoms with Crippen LogP contribution >= 0.6 is 0 Å². The Morgan fingerprint density at radius 1 is 1.05 bits per heavy atom. The molecule has 0 saturated heterocycles. The molecule has 0 radical (unpaired) electrons. The number of hydrogen-bond acceptors (Lipinski definition) is 2. The van der Waals surface area contributed by atoms with E-state index >= 15 is 0 Å². The van der Waals surface area contributed by atoms with Crippen LogP contribution in [0.25, 0.3) is 0 Å². The maximum atomic E-state index is 3.57. The molecule has 0 spiro atoms. The van der Waals surface area contributed by atoms with E-state index in [1.807, 2.05) is 0 Å². The standard InChI is InChI=1S/C17H34N2/c1-17(2,3)15-8-9-16(18-4)14(10-15)12-19(5)11-13-6-7-13/h13-16,18H,6-12H2,1-5H3. The predicted octanol–water partition coefficient (Wildman–Crippen LogP) is 3.38. The maximum Gasteiger partial charge on any atom is 0.0105 e. The van der Waals surface area contributed by atoms with Crippen LogP contribution in [0, 0.1) is 23.2 Å². The van der Waals surface area contributed by atoms with Crippen molar-refractivity contribution in [1.29, 1.82) is 0 Å². The minimum Gasteiger partial charge on any atom is -0.317 e. The van der Waals surface area contributed by atoms with E-state index in [0.717, 1.165) is 23.8 Å². The van der Waals surface area contributed by atoms with Gasteiger partial charge in [-0.1, -0.05) is 20.8 Å². The molecular formula is C17H34N2. The normalized spacial score (nSPS) is 32.8. The van der Waals surface area contributed by atoms with Gasteiger partial charge in [0.05, 0.1) is 0 Å². The minimum atomic E-state index is 0.478. The van der Waals surface area contributed by atoms with Gasteiger partial charge in [0, 0.05) is 19.1 Å². The summed E-state index contributed by atoms with van der Waals surface area (Å²) in [5.74, 6) is 2.75. The molecule has 2 heteroatoms. The zero-order valence-electron chi connectivity index (χ0n) is 13.7. The zero-order valence-corrected chi connectivity index (χ0v) is 13.7. The molecule has 2 rings (SSSR count). The van der Waals surface area contributed by atoms with E-state index in [-0.39, 0.29) is 0 Å². The average molecular weight is 266 g/mol. The van der Waals surface area contributed by atoms with Crippen LogP contribution in [0.4, 0.5) is 0 Å². The van der Waals surface area contributed by atoms with Gasteiger partial charge in [0.25, 0.3) is 0 Å². The van der Waals surface area contributed by atoms with Crippen LogP contribution in [0.2, 0.25) is 0 Å². The summed E-state index contributed by atoms with van der Waals surface area (Å²) in [7, 11) is 4.47. The lowest BCUT2D eigenvalue weighted by atomic mass is 9.67. The molecule has 0 bridgehead atoms. The molecule has 3 atom stereocenters. The summed E-state index contributed by atoms with van der Waals surface area (Å²) in [5, 5.41) is 3.57. The van der Waals surface area contributed by atoms with E-state index in [2.05, 4.69) is 45.1 Å². The molecule has 0 aliphatic heterocycles. The molecular weight excluding hydrogens is 232 g/mol. The maximum absolute atomic E-state index is 3.57.